The fourth-order valence-electron chi connectivity index (χ4n) is 0.160. The van der Waals surface area contributed by atoms with Gasteiger partial charge in [0.05, 0.1) is 0 Å². The molecule has 3 nitrogen and oxygen atoms in total. The Morgan fingerprint density at radius 3 is 2.12 bits per heavy atom. The van der Waals surface area contributed by atoms with Gasteiger partial charge in [-0.2, -0.15) is 0 Å². The second-order valence-corrected chi connectivity index (χ2v) is 2.27. The maximum atomic E-state index is 7.81. The summed E-state index contributed by atoms with van der Waals surface area (Å²) < 4.78 is 0. The van der Waals surface area contributed by atoms with Gasteiger partial charge in [0.2, 0.25) is 0 Å². The fraction of sp³-hybridized carbons (Fsp3) is 1.00. The van der Waals surface area contributed by atoms with Gasteiger partial charge in [0, 0.05) is 0 Å². The minimum atomic E-state index is -0.380. The standard InChI is InChI=1S/C5H12O3/c1-4-5(2,3)7-8-6/h6H,4H2,1-3H3. The zero-order valence-electron chi connectivity index (χ0n) is 5.47. The summed E-state index contributed by atoms with van der Waals surface area (Å²) in [5, 5.41) is 11.3. The second kappa shape index (κ2) is 3.02. The molecule has 0 saturated carbocycles. The van der Waals surface area contributed by atoms with Crippen LogP contribution in [0.2, 0.25) is 0 Å². The molecule has 0 spiro atoms. The van der Waals surface area contributed by atoms with Crippen molar-refractivity contribution in [3.05, 3.63) is 0 Å². The fourth-order valence-corrected chi connectivity index (χ4v) is 0.160. The van der Waals surface area contributed by atoms with Gasteiger partial charge in [-0.05, 0) is 20.3 Å². The molecule has 0 radical (unpaired) electrons. The number of hydrogen-bond acceptors (Lipinski definition) is 3. The van der Waals surface area contributed by atoms with Crippen LogP contribution in [0.25, 0.3) is 0 Å². The predicted molar refractivity (Wildman–Crippen MR) is 29.2 cm³/mol. The summed E-state index contributed by atoms with van der Waals surface area (Å²) in [6.45, 7) is 5.59. The van der Waals surface area contributed by atoms with Crippen molar-refractivity contribution in [1.29, 1.82) is 0 Å². The van der Waals surface area contributed by atoms with Crippen molar-refractivity contribution in [3.8, 4) is 0 Å². The van der Waals surface area contributed by atoms with Crippen molar-refractivity contribution >= 4 is 0 Å². The maximum Gasteiger partial charge on any atom is 0.101 e. The van der Waals surface area contributed by atoms with Crippen molar-refractivity contribution in [2.45, 2.75) is 32.8 Å². The van der Waals surface area contributed by atoms with E-state index in [-0.39, 0.29) is 5.60 Å². The molecular weight excluding hydrogens is 108 g/mol. The third-order valence-corrected chi connectivity index (χ3v) is 1.11. The van der Waals surface area contributed by atoms with E-state index in [1.54, 1.807) is 0 Å². The van der Waals surface area contributed by atoms with Gasteiger partial charge < -0.3 is 0 Å². The molecule has 0 fully saturated rings. The molecule has 3 heteroatoms. The van der Waals surface area contributed by atoms with E-state index in [0.29, 0.717) is 0 Å². The zero-order valence-corrected chi connectivity index (χ0v) is 5.47. The summed E-state index contributed by atoms with van der Waals surface area (Å²) in [6, 6.07) is 0. The first kappa shape index (κ1) is 7.88. The summed E-state index contributed by atoms with van der Waals surface area (Å²) in [5.74, 6) is 0. The summed E-state index contributed by atoms with van der Waals surface area (Å²) in [7, 11) is 0. The average molecular weight is 120 g/mol. The quantitative estimate of drug-likeness (QED) is 0.454. The molecule has 0 aromatic carbocycles. The lowest BCUT2D eigenvalue weighted by Crippen LogP contribution is -2.22. The van der Waals surface area contributed by atoms with Crippen LogP contribution < -0.4 is 0 Å². The van der Waals surface area contributed by atoms with Crippen LogP contribution in [0.1, 0.15) is 27.2 Å². The molecule has 0 aromatic rings. The molecule has 0 saturated heterocycles. The number of hydrogen-bond donors (Lipinski definition) is 1. The lowest BCUT2D eigenvalue weighted by molar-refractivity contribution is -0.521. The third-order valence-electron chi connectivity index (χ3n) is 1.11. The first-order chi connectivity index (χ1) is 3.62. The maximum absolute atomic E-state index is 7.81. The van der Waals surface area contributed by atoms with Crippen molar-refractivity contribution in [3.63, 3.8) is 0 Å². The smallest absolute Gasteiger partial charge is 0.101 e. The lowest BCUT2D eigenvalue weighted by atomic mass is 10.1. The molecule has 8 heavy (non-hydrogen) atoms. The van der Waals surface area contributed by atoms with Gasteiger partial charge in [-0.15, -0.1) is 0 Å². The van der Waals surface area contributed by atoms with Crippen LogP contribution >= 0.6 is 0 Å². The van der Waals surface area contributed by atoms with Crippen LogP contribution in [0.15, 0.2) is 0 Å². The molecule has 0 aliphatic heterocycles. The molecular formula is C5H12O3. The van der Waals surface area contributed by atoms with Gasteiger partial charge in [0.15, 0.2) is 0 Å². The van der Waals surface area contributed by atoms with E-state index in [4.69, 9.17) is 5.26 Å². The van der Waals surface area contributed by atoms with Gasteiger partial charge in [-0.1, -0.05) is 12.0 Å². The molecule has 0 heterocycles. The summed E-state index contributed by atoms with van der Waals surface area (Å²) in [4.78, 5) is 4.43. The second-order valence-electron chi connectivity index (χ2n) is 2.27. The van der Waals surface area contributed by atoms with E-state index in [9.17, 15) is 0 Å². The largest absolute Gasteiger partial charge is 0.221 e. The van der Waals surface area contributed by atoms with E-state index in [1.165, 1.54) is 0 Å². The van der Waals surface area contributed by atoms with Crippen LogP contribution in [0, 0.1) is 0 Å². The van der Waals surface area contributed by atoms with E-state index >= 15 is 0 Å². The highest BCUT2D eigenvalue weighted by Gasteiger charge is 2.16. The predicted octanol–water partition coefficient (Wildman–Crippen LogP) is 1.60. The Balaban J connectivity index is 3.37. The van der Waals surface area contributed by atoms with Crippen molar-refractivity contribution in [2.24, 2.45) is 0 Å². The normalized spacial score (nSPS) is 12.0. The molecule has 0 unspecified atom stereocenters. The Morgan fingerprint density at radius 1 is 1.50 bits per heavy atom. The highest BCUT2D eigenvalue weighted by Crippen LogP contribution is 2.12. The zero-order chi connectivity index (χ0) is 6.62. The first-order valence-electron chi connectivity index (χ1n) is 2.61. The Labute approximate surface area is 49.1 Å². The molecule has 0 bridgehead atoms. The lowest BCUT2D eigenvalue weighted by Gasteiger charge is -2.17. The summed E-state index contributed by atoms with van der Waals surface area (Å²) >= 11 is 0. The average Bonchev–Trinajstić information content (AvgIpc) is 1.67. The first-order valence-corrected chi connectivity index (χ1v) is 2.61. The van der Waals surface area contributed by atoms with E-state index in [1.807, 2.05) is 20.8 Å². The molecule has 0 atom stereocenters. The highest BCUT2D eigenvalue weighted by molar-refractivity contribution is 4.61. The van der Waals surface area contributed by atoms with Gasteiger partial charge in [0.1, 0.15) is 5.60 Å². The van der Waals surface area contributed by atoms with E-state index < -0.39 is 0 Å². The van der Waals surface area contributed by atoms with Crippen LogP contribution in [-0.2, 0) is 9.93 Å². The van der Waals surface area contributed by atoms with Crippen molar-refractivity contribution in [1.82, 2.24) is 0 Å². The van der Waals surface area contributed by atoms with Gasteiger partial charge in [0.25, 0.3) is 0 Å². The van der Waals surface area contributed by atoms with Gasteiger partial charge >= 0.3 is 0 Å². The summed E-state index contributed by atoms with van der Waals surface area (Å²) in [6.07, 6.45) is 0.799. The number of rotatable bonds is 3. The van der Waals surface area contributed by atoms with E-state index in [0.717, 1.165) is 6.42 Å². The Kier molecular flexibility index (Phi) is 2.97. The minimum absolute atomic E-state index is 0.380. The van der Waals surface area contributed by atoms with Crippen LogP contribution in [-0.4, -0.2) is 10.9 Å². The van der Waals surface area contributed by atoms with Crippen LogP contribution in [0.3, 0.4) is 0 Å². The molecule has 0 rings (SSSR count). The highest BCUT2D eigenvalue weighted by atomic mass is 17.5. The molecule has 0 aliphatic rings. The molecule has 0 aliphatic carbocycles. The Hall–Kier alpha value is -0.120. The Morgan fingerprint density at radius 2 is 2.00 bits per heavy atom. The van der Waals surface area contributed by atoms with Crippen LogP contribution in [0.4, 0.5) is 0 Å². The minimum Gasteiger partial charge on any atom is -0.221 e. The van der Waals surface area contributed by atoms with Crippen molar-refractivity contribution in [2.75, 3.05) is 0 Å². The third kappa shape index (κ3) is 2.96. The van der Waals surface area contributed by atoms with E-state index in [2.05, 4.69) is 9.93 Å². The monoisotopic (exact) mass is 120 g/mol. The molecule has 0 amide bonds. The van der Waals surface area contributed by atoms with Crippen molar-refractivity contribution < 1.29 is 15.2 Å². The van der Waals surface area contributed by atoms with Crippen LogP contribution in [0.5, 0.6) is 0 Å². The summed E-state index contributed by atoms with van der Waals surface area (Å²) in [5.41, 5.74) is -0.380. The molecule has 50 valence electrons. The topological polar surface area (TPSA) is 38.7 Å². The molecule has 0 aromatic heterocycles. The van der Waals surface area contributed by atoms with Gasteiger partial charge in [-0.3, -0.25) is 0 Å². The Bertz CT molecular complexity index is 60.7. The molecule has 1 N–H and O–H groups in total. The van der Waals surface area contributed by atoms with Gasteiger partial charge in [-0.25, -0.2) is 10.1 Å². The SMILES string of the molecule is CCC(C)(C)OOO.